The van der Waals surface area contributed by atoms with Crippen molar-refractivity contribution in [2.45, 2.75) is 31.2 Å². The SMILES string of the molecule is CN1Cc2cc(C(Cl)C3C4CCCC43)ccc2NC1=O. The van der Waals surface area contributed by atoms with Crippen LogP contribution in [0, 0.1) is 17.8 Å². The highest BCUT2D eigenvalue weighted by molar-refractivity contribution is 6.21. The smallest absolute Gasteiger partial charge is 0.321 e. The molecule has 1 aromatic carbocycles. The summed E-state index contributed by atoms with van der Waals surface area (Å²) < 4.78 is 0. The molecule has 2 saturated carbocycles. The molecule has 3 unspecified atom stereocenters. The fraction of sp³-hybridized carbons (Fsp3) is 0.562. The number of benzene rings is 1. The lowest BCUT2D eigenvalue weighted by Gasteiger charge is -2.27. The Labute approximate surface area is 124 Å². The third-order valence-electron chi connectivity index (χ3n) is 5.25. The molecular weight excluding hydrogens is 272 g/mol. The van der Waals surface area contributed by atoms with Gasteiger partial charge in [0.15, 0.2) is 0 Å². The third-order valence-corrected chi connectivity index (χ3v) is 5.80. The number of urea groups is 1. The topological polar surface area (TPSA) is 32.3 Å². The molecule has 3 aliphatic rings. The number of hydrogen-bond acceptors (Lipinski definition) is 1. The van der Waals surface area contributed by atoms with Crippen molar-refractivity contribution in [2.24, 2.45) is 17.8 Å². The van der Waals surface area contributed by atoms with Gasteiger partial charge in [0.1, 0.15) is 0 Å². The Morgan fingerprint density at radius 3 is 2.85 bits per heavy atom. The maximum absolute atomic E-state index is 11.6. The lowest BCUT2D eigenvalue weighted by atomic mass is 9.99. The summed E-state index contributed by atoms with van der Waals surface area (Å²) in [7, 11) is 1.81. The molecule has 0 radical (unpaired) electrons. The lowest BCUT2D eigenvalue weighted by Crippen LogP contribution is -2.35. The molecule has 2 fully saturated rings. The maximum atomic E-state index is 11.6. The summed E-state index contributed by atoms with van der Waals surface area (Å²) >= 11 is 6.71. The predicted octanol–water partition coefficient (Wildman–Crippen LogP) is 3.99. The normalized spacial score (nSPS) is 32.4. The molecule has 4 heteroatoms. The van der Waals surface area contributed by atoms with Crippen LogP contribution in [-0.2, 0) is 6.54 Å². The molecule has 0 aromatic heterocycles. The van der Waals surface area contributed by atoms with E-state index in [0.29, 0.717) is 12.5 Å². The summed E-state index contributed by atoms with van der Waals surface area (Å²) in [5, 5.41) is 3.04. The predicted molar refractivity (Wildman–Crippen MR) is 79.8 cm³/mol. The summed E-state index contributed by atoms with van der Waals surface area (Å²) in [6.45, 7) is 0.663. The summed E-state index contributed by atoms with van der Waals surface area (Å²) in [4.78, 5) is 13.3. The zero-order valence-corrected chi connectivity index (χ0v) is 12.4. The highest BCUT2D eigenvalue weighted by Crippen LogP contribution is 2.63. The van der Waals surface area contributed by atoms with Crippen molar-refractivity contribution in [1.82, 2.24) is 4.90 Å². The van der Waals surface area contributed by atoms with E-state index in [2.05, 4.69) is 17.4 Å². The number of nitrogens with one attached hydrogen (secondary N) is 1. The minimum Gasteiger partial charge on any atom is -0.323 e. The largest absolute Gasteiger partial charge is 0.323 e. The molecule has 1 aromatic rings. The number of carbonyl (C=O) groups is 1. The Kier molecular flexibility index (Phi) is 2.75. The second-order valence-electron chi connectivity index (χ2n) is 6.44. The van der Waals surface area contributed by atoms with Crippen LogP contribution >= 0.6 is 11.6 Å². The molecule has 106 valence electrons. The molecule has 2 amide bonds. The number of nitrogens with zero attached hydrogens (tertiary/aromatic N) is 1. The maximum Gasteiger partial charge on any atom is 0.321 e. The van der Waals surface area contributed by atoms with E-state index in [0.717, 1.165) is 17.5 Å². The molecule has 0 spiro atoms. The van der Waals surface area contributed by atoms with E-state index in [1.807, 2.05) is 13.1 Å². The molecule has 1 aliphatic heterocycles. The van der Waals surface area contributed by atoms with Crippen molar-refractivity contribution in [2.75, 3.05) is 12.4 Å². The van der Waals surface area contributed by atoms with Gasteiger partial charge < -0.3 is 10.2 Å². The lowest BCUT2D eigenvalue weighted by molar-refractivity contribution is 0.218. The minimum atomic E-state index is -0.0376. The van der Waals surface area contributed by atoms with Gasteiger partial charge in [0.05, 0.1) is 5.38 Å². The molecule has 3 nitrogen and oxygen atoms in total. The second-order valence-corrected chi connectivity index (χ2v) is 6.91. The molecule has 0 bridgehead atoms. The van der Waals surface area contributed by atoms with E-state index in [1.54, 1.807) is 4.90 Å². The summed E-state index contributed by atoms with van der Waals surface area (Å²) in [6, 6.07) is 6.22. The average molecular weight is 291 g/mol. The van der Waals surface area contributed by atoms with E-state index < -0.39 is 0 Å². The minimum absolute atomic E-state index is 0.0376. The summed E-state index contributed by atoms with van der Waals surface area (Å²) in [5.74, 6) is 2.42. The summed E-state index contributed by atoms with van der Waals surface area (Å²) in [6.07, 6.45) is 4.11. The highest BCUT2D eigenvalue weighted by atomic mass is 35.5. The van der Waals surface area contributed by atoms with Gasteiger partial charge >= 0.3 is 6.03 Å². The zero-order chi connectivity index (χ0) is 13.9. The van der Waals surface area contributed by atoms with Crippen LogP contribution in [0.25, 0.3) is 0 Å². The molecule has 2 aliphatic carbocycles. The van der Waals surface area contributed by atoms with Crippen molar-refractivity contribution < 1.29 is 4.79 Å². The van der Waals surface area contributed by atoms with E-state index >= 15 is 0 Å². The number of rotatable bonds is 2. The molecule has 4 rings (SSSR count). The van der Waals surface area contributed by atoms with Crippen molar-refractivity contribution in [3.05, 3.63) is 29.3 Å². The Balaban J connectivity index is 1.58. The first-order valence-electron chi connectivity index (χ1n) is 7.44. The molecule has 3 atom stereocenters. The van der Waals surface area contributed by atoms with Crippen LogP contribution in [0.2, 0.25) is 0 Å². The van der Waals surface area contributed by atoms with Gasteiger partial charge in [-0.25, -0.2) is 4.79 Å². The average Bonchev–Trinajstić information content (AvgIpc) is 2.91. The van der Waals surface area contributed by atoms with E-state index in [-0.39, 0.29) is 11.4 Å². The Hall–Kier alpha value is -1.22. The van der Waals surface area contributed by atoms with Crippen LogP contribution in [0.3, 0.4) is 0 Å². The van der Waals surface area contributed by atoms with Crippen molar-refractivity contribution >= 4 is 23.3 Å². The number of halogens is 1. The van der Waals surface area contributed by atoms with Crippen molar-refractivity contribution in [1.29, 1.82) is 0 Å². The standard InChI is InChI=1S/C16H19ClN2O/c1-19-8-10-7-9(5-6-13(10)18-16(19)20)15(17)14-11-3-2-4-12(11)14/h5-7,11-12,14-15H,2-4,8H2,1H3,(H,18,20). The fourth-order valence-electron chi connectivity index (χ4n) is 4.11. The number of anilines is 1. The first kappa shape index (κ1) is 12.5. The number of hydrogen-bond donors (Lipinski definition) is 1. The van der Waals surface area contributed by atoms with Crippen LogP contribution in [0.4, 0.5) is 10.5 Å². The third kappa shape index (κ3) is 1.83. The molecule has 0 saturated heterocycles. The van der Waals surface area contributed by atoms with E-state index in [9.17, 15) is 4.79 Å². The second kappa shape index (κ2) is 4.39. The van der Waals surface area contributed by atoms with Gasteiger partial charge in [0, 0.05) is 19.3 Å². The van der Waals surface area contributed by atoms with Gasteiger partial charge in [0.25, 0.3) is 0 Å². The van der Waals surface area contributed by atoms with Gasteiger partial charge in [-0.15, -0.1) is 11.6 Å². The van der Waals surface area contributed by atoms with Crippen LogP contribution in [0.15, 0.2) is 18.2 Å². The van der Waals surface area contributed by atoms with Crippen molar-refractivity contribution in [3.63, 3.8) is 0 Å². The van der Waals surface area contributed by atoms with Gasteiger partial charge in [-0.2, -0.15) is 0 Å². The van der Waals surface area contributed by atoms with Gasteiger partial charge in [-0.3, -0.25) is 0 Å². The zero-order valence-electron chi connectivity index (χ0n) is 11.6. The number of alkyl halides is 1. The van der Waals surface area contributed by atoms with Crippen LogP contribution in [0.1, 0.15) is 35.8 Å². The van der Waals surface area contributed by atoms with Gasteiger partial charge in [0.2, 0.25) is 0 Å². The molecule has 20 heavy (non-hydrogen) atoms. The van der Waals surface area contributed by atoms with E-state index in [1.165, 1.54) is 30.4 Å². The molecule has 1 N–H and O–H groups in total. The molecular formula is C16H19ClN2O. The van der Waals surface area contributed by atoms with Gasteiger partial charge in [-0.1, -0.05) is 18.6 Å². The Bertz CT molecular complexity index is 564. The van der Waals surface area contributed by atoms with Crippen LogP contribution in [0.5, 0.6) is 0 Å². The quantitative estimate of drug-likeness (QED) is 0.821. The first-order valence-corrected chi connectivity index (χ1v) is 7.88. The number of carbonyl (C=O) groups excluding carboxylic acids is 1. The monoisotopic (exact) mass is 290 g/mol. The Morgan fingerprint density at radius 1 is 1.35 bits per heavy atom. The Morgan fingerprint density at radius 2 is 2.10 bits per heavy atom. The van der Waals surface area contributed by atoms with Crippen LogP contribution < -0.4 is 5.32 Å². The number of amides is 2. The molecule has 1 heterocycles. The highest BCUT2D eigenvalue weighted by Gasteiger charge is 2.55. The van der Waals surface area contributed by atoms with E-state index in [4.69, 9.17) is 11.6 Å². The number of fused-ring (bicyclic) bond motifs is 2. The van der Waals surface area contributed by atoms with Crippen LogP contribution in [-0.4, -0.2) is 18.0 Å². The van der Waals surface area contributed by atoms with Crippen molar-refractivity contribution in [3.8, 4) is 0 Å². The first-order chi connectivity index (χ1) is 9.65. The van der Waals surface area contributed by atoms with Gasteiger partial charge in [-0.05, 0) is 47.8 Å². The summed E-state index contributed by atoms with van der Waals surface area (Å²) in [5.41, 5.74) is 3.31. The fourth-order valence-corrected chi connectivity index (χ4v) is 4.62.